The third-order valence-electron chi connectivity index (χ3n) is 5.22. The highest BCUT2D eigenvalue weighted by Gasteiger charge is 2.50. The van der Waals surface area contributed by atoms with Crippen molar-refractivity contribution in [2.24, 2.45) is 29.6 Å². The van der Waals surface area contributed by atoms with Gasteiger partial charge in [0.15, 0.2) is 0 Å². The van der Waals surface area contributed by atoms with E-state index >= 15 is 0 Å². The van der Waals surface area contributed by atoms with Crippen molar-refractivity contribution in [1.82, 2.24) is 5.32 Å². The first-order valence-electron chi connectivity index (χ1n) is 7.42. The molecule has 0 spiro atoms. The van der Waals surface area contributed by atoms with Crippen molar-refractivity contribution in [3.05, 3.63) is 0 Å². The molecule has 102 valence electrons. The summed E-state index contributed by atoms with van der Waals surface area (Å²) in [6.07, 6.45) is 6.51. The zero-order valence-electron chi connectivity index (χ0n) is 11.5. The number of hydrogen-bond acceptors (Lipinski definition) is 2. The van der Waals surface area contributed by atoms with E-state index in [0.717, 1.165) is 11.8 Å². The first kappa shape index (κ1) is 12.5. The van der Waals surface area contributed by atoms with Gasteiger partial charge in [-0.3, -0.25) is 4.79 Å². The maximum Gasteiger partial charge on any atom is 0.223 e. The van der Waals surface area contributed by atoms with Gasteiger partial charge in [-0.05, 0) is 69.6 Å². The van der Waals surface area contributed by atoms with Gasteiger partial charge in [0.25, 0.3) is 0 Å². The number of carbonyl (C=O) groups excluding carboxylic acids is 1. The average Bonchev–Trinajstić information content (AvgIpc) is 2.23. The van der Waals surface area contributed by atoms with Crippen LogP contribution in [0.4, 0.5) is 0 Å². The summed E-state index contributed by atoms with van der Waals surface area (Å²) in [7, 11) is 0. The smallest absolute Gasteiger partial charge is 0.223 e. The van der Waals surface area contributed by atoms with E-state index < -0.39 is 5.60 Å². The van der Waals surface area contributed by atoms with Gasteiger partial charge < -0.3 is 10.4 Å². The molecule has 0 aromatic carbocycles. The third kappa shape index (κ3) is 2.29. The van der Waals surface area contributed by atoms with Crippen LogP contribution >= 0.6 is 0 Å². The molecular weight excluding hydrogens is 226 g/mol. The molecule has 0 aromatic rings. The molecule has 4 aliphatic rings. The van der Waals surface area contributed by atoms with Crippen LogP contribution in [0.25, 0.3) is 0 Å². The largest absolute Gasteiger partial charge is 0.389 e. The predicted octanol–water partition coefficient (Wildman–Crippen LogP) is 1.95. The van der Waals surface area contributed by atoms with Crippen molar-refractivity contribution in [2.45, 2.75) is 51.6 Å². The molecule has 18 heavy (non-hydrogen) atoms. The second-order valence-electron chi connectivity index (χ2n) is 7.49. The highest BCUT2D eigenvalue weighted by molar-refractivity contribution is 5.79. The van der Waals surface area contributed by atoms with E-state index in [4.69, 9.17) is 0 Å². The van der Waals surface area contributed by atoms with E-state index in [9.17, 15) is 9.90 Å². The maximum atomic E-state index is 12.4. The molecule has 0 heterocycles. The lowest BCUT2D eigenvalue weighted by molar-refractivity contribution is -0.139. The molecule has 4 aliphatic carbocycles. The predicted molar refractivity (Wildman–Crippen MR) is 69.8 cm³/mol. The van der Waals surface area contributed by atoms with Gasteiger partial charge in [-0.1, -0.05) is 0 Å². The summed E-state index contributed by atoms with van der Waals surface area (Å²) in [5.74, 6) is 3.51. The number of amides is 1. The average molecular weight is 251 g/mol. The van der Waals surface area contributed by atoms with Crippen molar-refractivity contribution in [3.63, 3.8) is 0 Å². The van der Waals surface area contributed by atoms with Crippen molar-refractivity contribution in [1.29, 1.82) is 0 Å². The minimum atomic E-state index is -0.804. The standard InChI is InChI=1S/C15H25NO2/c1-15(2,18)8-16-14(17)13-11-4-9-3-10(6-11)7-12(13)5-9/h9-13,18H,3-8H2,1-2H3,(H,16,17). The van der Waals surface area contributed by atoms with Gasteiger partial charge >= 0.3 is 0 Å². The molecule has 3 heteroatoms. The Morgan fingerprint density at radius 2 is 1.61 bits per heavy atom. The van der Waals surface area contributed by atoms with Gasteiger partial charge in [-0.25, -0.2) is 0 Å². The molecule has 4 fully saturated rings. The molecule has 0 aromatic heterocycles. The molecule has 0 aliphatic heterocycles. The number of rotatable bonds is 3. The summed E-state index contributed by atoms with van der Waals surface area (Å²) in [5.41, 5.74) is -0.804. The molecule has 4 saturated carbocycles. The Balaban J connectivity index is 1.64. The lowest BCUT2D eigenvalue weighted by Crippen LogP contribution is -2.52. The van der Waals surface area contributed by atoms with Crippen LogP contribution in [0.3, 0.4) is 0 Å². The zero-order chi connectivity index (χ0) is 12.9. The van der Waals surface area contributed by atoms with Crippen LogP contribution in [0.15, 0.2) is 0 Å². The molecule has 0 unspecified atom stereocenters. The van der Waals surface area contributed by atoms with Crippen LogP contribution < -0.4 is 5.32 Å². The van der Waals surface area contributed by atoms with E-state index in [-0.39, 0.29) is 11.8 Å². The fraction of sp³-hybridized carbons (Fsp3) is 0.933. The van der Waals surface area contributed by atoms with Crippen LogP contribution in [-0.2, 0) is 4.79 Å². The van der Waals surface area contributed by atoms with E-state index in [2.05, 4.69) is 5.32 Å². The summed E-state index contributed by atoms with van der Waals surface area (Å²) in [6.45, 7) is 3.85. The molecule has 0 atom stereocenters. The maximum absolute atomic E-state index is 12.4. The van der Waals surface area contributed by atoms with E-state index in [0.29, 0.717) is 18.4 Å². The third-order valence-corrected chi connectivity index (χ3v) is 5.22. The highest BCUT2D eigenvalue weighted by atomic mass is 16.3. The minimum Gasteiger partial charge on any atom is -0.389 e. The Morgan fingerprint density at radius 1 is 1.11 bits per heavy atom. The Hall–Kier alpha value is -0.570. The van der Waals surface area contributed by atoms with Gasteiger partial charge in [0, 0.05) is 12.5 Å². The van der Waals surface area contributed by atoms with Crippen LogP contribution in [0.2, 0.25) is 0 Å². The lowest BCUT2D eigenvalue weighted by atomic mass is 9.51. The lowest BCUT2D eigenvalue weighted by Gasteiger charge is -2.53. The minimum absolute atomic E-state index is 0.200. The summed E-state index contributed by atoms with van der Waals surface area (Å²) < 4.78 is 0. The van der Waals surface area contributed by atoms with Crippen LogP contribution in [0, 0.1) is 29.6 Å². The molecule has 2 N–H and O–H groups in total. The van der Waals surface area contributed by atoms with Gasteiger partial charge in [0.05, 0.1) is 5.60 Å². The number of nitrogens with one attached hydrogen (secondary N) is 1. The Morgan fingerprint density at radius 3 is 2.06 bits per heavy atom. The fourth-order valence-electron chi connectivity index (χ4n) is 4.77. The second-order valence-corrected chi connectivity index (χ2v) is 7.49. The van der Waals surface area contributed by atoms with Gasteiger partial charge in [0.1, 0.15) is 0 Å². The second kappa shape index (κ2) is 4.22. The summed E-state index contributed by atoms with van der Waals surface area (Å²) in [5, 5.41) is 12.7. The van der Waals surface area contributed by atoms with E-state index in [1.807, 2.05) is 0 Å². The van der Waals surface area contributed by atoms with E-state index in [1.54, 1.807) is 13.8 Å². The van der Waals surface area contributed by atoms with Crippen LogP contribution in [0.5, 0.6) is 0 Å². The van der Waals surface area contributed by atoms with Crippen molar-refractivity contribution in [3.8, 4) is 0 Å². The molecule has 0 saturated heterocycles. The fourth-order valence-corrected chi connectivity index (χ4v) is 4.77. The van der Waals surface area contributed by atoms with Gasteiger partial charge in [-0.2, -0.15) is 0 Å². The molecule has 0 radical (unpaired) electrons. The SMILES string of the molecule is CC(C)(O)CNC(=O)C1C2CC3CC(C2)CC1C3. The quantitative estimate of drug-likeness (QED) is 0.805. The topological polar surface area (TPSA) is 49.3 Å². The van der Waals surface area contributed by atoms with Gasteiger partial charge in [-0.15, -0.1) is 0 Å². The van der Waals surface area contributed by atoms with Crippen molar-refractivity contribution >= 4 is 5.91 Å². The Labute approximate surface area is 109 Å². The Kier molecular flexibility index (Phi) is 2.92. The monoisotopic (exact) mass is 251 g/mol. The number of aliphatic hydroxyl groups is 1. The first-order valence-corrected chi connectivity index (χ1v) is 7.42. The van der Waals surface area contributed by atoms with Crippen LogP contribution in [0.1, 0.15) is 46.0 Å². The van der Waals surface area contributed by atoms with Gasteiger partial charge in [0.2, 0.25) is 5.91 Å². The number of hydrogen-bond donors (Lipinski definition) is 2. The Bertz CT molecular complexity index is 317. The molecule has 4 rings (SSSR count). The van der Waals surface area contributed by atoms with Crippen molar-refractivity contribution < 1.29 is 9.90 Å². The molecular formula is C15H25NO2. The molecule has 1 amide bonds. The normalized spacial score (nSPS) is 42.1. The van der Waals surface area contributed by atoms with Crippen molar-refractivity contribution in [2.75, 3.05) is 6.54 Å². The molecule has 3 nitrogen and oxygen atoms in total. The number of carbonyl (C=O) groups is 1. The highest BCUT2D eigenvalue weighted by Crippen LogP contribution is 2.56. The van der Waals surface area contributed by atoms with E-state index in [1.165, 1.54) is 32.1 Å². The summed E-state index contributed by atoms with van der Waals surface area (Å²) in [4.78, 5) is 12.4. The van der Waals surface area contributed by atoms with Crippen LogP contribution in [-0.4, -0.2) is 23.2 Å². The first-order chi connectivity index (χ1) is 8.42. The zero-order valence-corrected chi connectivity index (χ0v) is 11.5. The summed E-state index contributed by atoms with van der Waals surface area (Å²) >= 11 is 0. The summed E-state index contributed by atoms with van der Waals surface area (Å²) in [6, 6.07) is 0. The molecule has 4 bridgehead atoms.